The number of hydrogen-bond donors (Lipinski definition) is 2. The maximum Gasteiger partial charge on any atom is 0.237 e. The zero-order valence-corrected chi connectivity index (χ0v) is 12.5. The quantitative estimate of drug-likeness (QED) is 0.846. The number of hydrogen-bond acceptors (Lipinski definition) is 3. The molecule has 0 aliphatic carbocycles. The van der Waals surface area contributed by atoms with Crippen molar-refractivity contribution in [3.05, 3.63) is 53.9 Å². The van der Waals surface area contributed by atoms with Gasteiger partial charge in [-0.3, -0.25) is 9.48 Å². The Morgan fingerprint density at radius 1 is 1.29 bits per heavy atom. The van der Waals surface area contributed by atoms with Gasteiger partial charge in [-0.2, -0.15) is 5.10 Å². The summed E-state index contributed by atoms with van der Waals surface area (Å²) in [5, 5.41) is 7.14. The number of aromatic nitrogens is 2. The number of carbonyl (C=O) groups excluding carboxylic acids is 1. The molecule has 21 heavy (non-hydrogen) atoms. The third kappa shape index (κ3) is 4.43. The highest BCUT2D eigenvalue weighted by Gasteiger charge is 2.16. The van der Waals surface area contributed by atoms with E-state index in [1.54, 1.807) is 6.20 Å². The molecule has 112 valence electrons. The molecule has 1 heterocycles. The standard InChI is InChI=1S/C16H22N4O/c1-12(2)15(17)16(21)18-8-14-9-19-20(11-14)10-13-6-4-3-5-7-13/h3-7,9,11-12,15H,8,10,17H2,1-2H3,(H,18,21)/t15-/m0/s1. The molecule has 5 nitrogen and oxygen atoms in total. The molecule has 5 heteroatoms. The van der Waals surface area contributed by atoms with E-state index < -0.39 is 6.04 Å². The lowest BCUT2D eigenvalue weighted by Crippen LogP contribution is -2.43. The number of carbonyl (C=O) groups is 1. The van der Waals surface area contributed by atoms with E-state index in [0.29, 0.717) is 6.54 Å². The van der Waals surface area contributed by atoms with Gasteiger partial charge in [-0.25, -0.2) is 0 Å². The Kier molecular flexibility index (Phi) is 5.11. The summed E-state index contributed by atoms with van der Waals surface area (Å²) in [6, 6.07) is 9.66. The summed E-state index contributed by atoms with van der Waals surface area (Å²) in [6.07, 6.45) is 3.71. The van der Waals surface area contributed by atoms with Crippen molar-refractivity contribution >= 4 is 5.91 Å². The summed E-state index contributed by atoms with van der Waals surface area (Å²) < 4.78 is 1.86. The van der Waals surface area contributed by atoms with Crippen molar-refractivity contribution < 1.29 is 4.79 Å². The van der Waals surface area contributed by atoms with Crippen LogP contribution in [-0.4, -0.2) is 21.7 Å². The van der Waals surface area contributed by atoms with Crippen molar-refractivity contribution in [2.75, 3.05) is 0 Å². The van der Waals surface area contributed by atoms with E-state index in [-0.39, 0.29) is 11.8 Å². The minimum Gasteiger partial charge on any atom is -0.351 e. The molecular formula is C16H22N4O. The molecule has 0 aliphatic rings. The summed E-state index contributed by atoms with van der Waals surface area (Å²) in [5.74, 6) is 0.00612. The largest absolute Gasteiger partial charge is 0.351 e. The van der Waals surface area contributed by atoms with Crippen LogP contribution in [0, 0.1) is 5.92 Å². The van der Waals surface area contributed by atoms with Gasteiger partial charge in [0, 0.05) is 18.3 Å². The molecule has 0 aliphatic heterocycles. The highest BCUT2D eigenvalue weighted by Crippen LogP contribution is 2.04. The van der Waals surface area contributed by atoms with Crippen LogP contribution in [0.15, 0.2) is 42.7 Å². The Morgan fingerprint density at radius 3 is 2.67 bits per heavy atom. The Hall–Kier alpha value is -2.14. The fourth-order valence-corrected chi connectivity index (χ4v) is 1.96. The number of rotatable bonds is 6. The molecule has 0 bridgehead atoms. The van der Waals surface area contributed by atoms with Crippen LogP contribution in [0.25, 0.3) is 0 Å². The second kappa shape index (κ2) is 7.04. The predicted molar refractivity (Wildman–Crippen MR) is 82.4 cm³/mol. The van der Waals surface area contributed by atoms with Crippen LogP contribution in [0.5, 0.6) is 0 Å². The van der Waals surface area contributed by atoms with E-state index in [1.165, 1.54) is 5.56 Å². The lowest BCUT2D eigenvalue weighted by molar-refractivity contribution is -0.123. The van der Waals surface area contributed by atoms with Crippen molar-refractivity contribution in [1.29, 1.82) is 0 Å². The minimum absolute atomic E-state index is 0.124. The van der Waals surface area contributed by atoms with Crippen LogP contribution >= 0.6 is 0 Å². The van der Waals surface area contributed by atoms with Gasteiger partial charge in [0.1, 0.15) is 0 Å². The highest BCUT2D eigenvalue weighted by molar-refractivity contribution is 5.81. The first-order chi connectivity index (χ1) is 10.1. The van der Waals surface area contributed by atoms with Crippen LogP contribution in [0.3, 0.4) is 0 Å². The third-order valence-corrected chi connectivity index (χ3v) is 3.36. The van der Waals surface area contributed by atoms with E-state index in [2.05, 4.69) is 22.5 Å². The van der Waals surface area contributed by atoms with Gasteiger partial charge in [0.2, 0.25) is 5.91 Å². The third-order valence-electron chi connectivity index (χ3n) is 3.36. The molecule has 1 atom stereocenters. The first kappa shape index (κ1) is 15.3. The average molecular weight is 286 g/mol. The van der Waals surface area contributed by atoms with Crippen LogP contribution in [-0.2, 0) is 17.9 Å². The summed E-state index contributed by atoms with van der Waals surface area (Å²) in [5.41, 5.74) is 7.96. The van der Waals surface area contributed by atoms with Crippen molar-refractivity contribution in [1.82, 2.24) is 15.1 Å². The smallest absolute Gasteiger partial charge is 0.237 e. The van der Waals surface area contributed by atoms with Crippen LogP contribution in [0.2, 0.25) is 0 Å². The van der Waals surface area contributed by atoms with E-state index in [0.717, 1.165) is 12.1 Å². The summed E-state index contributed by atoms with van der Waals surface area (Å²) in [4.78, 5) is 11.8. The van der Waals surface area contributed by atoms with E-state index in [1.807, 2.05) is 42.9 Å². The van der Waals surface area contributed by atoms with Gasteiger partial charge in [0.15, 0.2) is 0 Å². The molecule has 0 fully saturated rings. The highest BCUT2D eigenvalue weighted by atomic mass is 16.2. The fraction of sp³-hybridized carbons (Fsp3) is 0.375. The maximum absolute atomic E-state index is 11.8. The molecule has 0 unspecified atom stereocenters. The van der Waals surface area contributed by atoms with E-state index >= 15 is 0 Å². The molecule has 0 saturated heterocycles. The van der Waals surface area contributed by atoms with Crippen molar-refractivity contribution in [3.8, 4) is 0 Å². The maximum atomic E-state index is 11.8. The monoisotopic (exact) mass is 286 g/mol. The first-order valence-electron chi connectivity index (χ1n) is 7.15. The van der Waals surface area contributed by atoms with Crippen molar-refractivity contribution in [2.45, 2.75) is 33.0 Å². The van der Waals surface area contributed by atoms with Gasteiger partial charge in [0.05, 0.1) is 18.8 Å². The van der Waals surface area contributed by atoms with Gasteiger partial charge < -0.3 is 11.1 Å². The number of nitrogens with zero attached hydrogens (tertiary/aromatic N) is 2. The summed E-state index contributed by atoms with van der Waals surface area (Å²) in [7, 11) is 0. The summed E-state index contributed by atoms with van der Waals surface area (Å²) in [6.45, 7) is 5.04. The van der Waals surface area contributed by atoms with Crippen LogP contribution < -0.4 is 11.1 Å². The number of nitrogens with two attached hydrogens (primary N) is 1. The van der Waals surface area contributed by atoms with E-state index in [4.69, 9.17) is 5.73 Å². The molecular weight excluding hydrogens is 264 g/mol. The van der Waals surface area contributed by atoms with Crippen LogP contribution in [0.1, 0.15) is 25.0 Å². The molecule has 2 aromatic rings. The Labute approximate surface area is 125 Å². The fourth-order valence-electron chi connectivity index (χ4n) is 1.96. The molecule has 1 amide bonds. The molecule has 3 N–H and O–H groups in total. The molecule has 0 spiro atoms. The Morgan fingerprint density at radius 2 is 2.00 bits per heavy atom. The minimum atomic E-state index is -0.468. The molecule has 0 radical (unpaired) electrons. The second-order valence-electron chi connectivity index (χ2n) is 5.52. The van der Waals surface area contributed by atoms with E-state index in [9.17, 15) is 4.79 Å². The van der Waals surface area contributed by atoms with Gasteiger partial charge in [0.25, 0.3) is 0 Å². The second-order valence-corrected chi connectivity index (χ2v) is 5.52. The first-order valence-corrected chi connectivity index (χ1v) is 7.15. The van der Waals surface area contributed by atoms with Gasteiger partial charge >= 0.3 is 0 Å². The molecule has 1 aromatic heterocycles. The van der Waals surface area contributed by atoms with Gasteiger partial charge in [-0.05, 0) is 11.5 Å². The Balaban J connectivity index is 1.87. The van der Waals surface area contributed by atoms with Crippen LogP contribution in [0.4, 0.5) is 0 Å². The van der Waals surface area contributed by atoms with Gasteiger partial charge in [-0.1, -0.05) is 44.2 Å². The average Bonchev–Trinajstić information content (AvgIpc) is 2.92. The lowest BCUT2D eigenvalue weighted by atomic mass is 10.1. The number of amides is 1. The lowest BCUT2D eigenvalue weighted by Gasteiger charge is -2.14. The number of benzene rings is 1. The molecule has 1 aromatic carbocycles. The van der Waals surface area contributed by atoms with Crippen molar-refractivity contribution in [3.63, 3.8) is 0 Å². The Bertz CT molecular complexity index is 577. The zero-order valence-electron chi connectivity index (χ0n) is 12.5. The molecule has 2 rings (SSSR count). The van der Waals surface area contributed by atoms with Crippen molar-refractivity contribution in [2.24, 2.45) is 11.7 Å². The van der Waals surface area contributed by atoms with Gasteiger partial charge in [-0.15, -0.1) is 0 Å². The summed E-state index contributed by atoms with van der Waals surface area (Å²) >= 11 is 0. The predicted octanol–water partition coefficient (Wildman–Crippen LogP) is 1.53. The zero-order chi connectivity index (χ0) is 15.2. The SMILES string of the molecule is CC(C)[C@H](N)C(=O)NCc1cnn(Cc2ccccc2)c1. The molecule has 0 saturated carbocycles. The number of nitrogens with one attached hydrogen (secondary N) is 1. The topological polar surface area (TPSA) is 72.9 Å². The normalized spacial score (nSPS) is 12.4.